The molecule has 2 unspecified atom stereocenters. The van der Waals surface area contributed by atoms with Crippen molar-refractivity contribution in [2.24, 2.45) is 22.6 Å². The van der Waals surface area contributed by atoms with E-state index in [1.807, 2.05) is 0 Å². The minimum Gasteiger partial charge on any atom is -0.406 e. The van der Waals surface area contributed by atoms with Crippen molar-refractivity contribution in [1.82, 2.24) is 4.90 Å². The molecular formula is C18H27F3N4O. The topological polar surface area (TPSA) is 62.9 Å². The second-order valence-electron chi connectivity index (χ2n) is 7.02. The van der Waals surface area contributed by atoms with Crippen LogP contribution in [0.15, 0.2) is 29.3 Å². The predicted molar refractivity (Wildman–Crippen MR) is 97.2 cm³/mol. The van der Waals surface area contributed by atoms with Crippen LogP contribution in [0.25, 0.3) is 0 Å². The third-order valence-corrected chi connectivity index (χ3v) is 4.22. The summed E-state index contributed by atoms with van der Waals surface area (Å²) in [6, 6.07) is 5.36. The van der Waals surface area contributed by atoms with Crippen LogP contribution in [0.1, 0.15) is 26.7 Å². The minimum absolute atomic E-state index is 0.245. The molecule has 1 saturated heterocycles. The molecule has 0 aliphatic carbocycles. The predicted octanol–water partition coefficient (Wildman–Crippen LogP) is 3.68. The van der Waals surface area contributed by atoms with Crippen molar-refractivity contribution in [1.29, 1.82) is 0 Å². The number of halogens is 3. The average molecular weight is 372 g/mol. The molecule has 146 valence electrons. The summed E-state index contributed by atoms with van der Waals surface area (Å²) in [6.45, 7) is 8.44. The maximum Gasteiger partial charge on any atom is 0.573 e. The lowest BCUT2D eigenvalue weighted by molar-refractivity contribution is -0.274. The van der Waals surface area contributed by atoms with Gasteiger partial charge in [0.2, 0.25) is 0 Å². The van der Waals surface area contributed by atoms with Gasteiger partial charge in [0.05, 0.1) is 0 Å². The maximum atomic E-state index is 12.1. The number of nitrogens with zero attached hydrogens (tertiary/aromatic N) is 2. The molecule has 0 bridgehead atoms. The van der Waals surface area contributed by atoms with Gasteiger partial charge in [0.15, 0.2) is 5.96 Å². The molecule has 0 amide bonds. The van der Waals surface area contributed by atoms with Crippen LogP contribution in [0.5, 0.6) is 5.75 Å². The van der Waals surface area contributed by atoms with Crippen molar-refractivity contribution >= 4 is 11.6 Å². The normalized spacial score (nSPS) is 22.3. The van der Waals surface area contributed by atoms with Crippen molar-refractivity contribution in [2.75, 3.05) is 31.5 Å². The summed E-state index contributed by atoms with van der Waals surface area (Å²) in [5, 5.41) is 2.86. The van der Waals surface area contributed by atoms with Gasteiger partial charge in [-0.05, 0) is 55.5 Å². The van der Waals surface area contributed by atoms with Crippen LogP contribution in [-0.2, 0) is 0 Å². The summed E-state index contributed by atoms with van der Waals surface area (Å²) in [6.07, 6.45) is -2.49. The molecule has 2 atom stereocenters. The largest absolute Gasteiger partial charge is 0.573 e. The average Bonchev–Trinajstić information content (AvgIpc) is 2.51. The summed E-state index contributed by atoms with van der Waals surface area (Å²) < 4.78 is 40.2. The highest BCUT2D eigenvalue weighted by molar-refractivity contribution is 5.92. The fourth-order valence-corrected chi connectivity index (χ4v) is 3.40. The van der Waals surface area contributed by atoms with Crippen LogP contribution in [0.3, 0.4) is 0 Å². The number of anilines is 1. The summed E-state index contributed by atoms with van der Waals surface area (Å²) in [5.74, 6) is 1.44. The van der Waals surface area contributed by atoms with Crippen molar-refractivity contribution in [3.05, 3.63) is 24.3 Å². The number of ether oxygens (including phenoxy) is 1. The van der Waals surface area contributed by atoms with Crippen LogP contribution in [-0.4, -0.2) is 43.4 Å². The molecule has 0 spiro atoms. The molecule has 0 saturated carbocycles. The van der Waals surface area contributed by atoms with E-state index in [1.165, 1.54) is 30.7 Å². The molecule has 1 fully saturated rings. The van der Waals surface area contributed by atoms with Gasteiger partial charge in [-0.3, -0.25) is 4.99 Å². The van der Waals surface area contributed by atoms with E-state index in [9.17, 15) is 13.2 Å². The number of alkyl halides is 3. The Bertz CT molecular complexity index is 579. The van der Waals surface area contributed by atoms with Crippen molar-refractivity contribution in [3.8, 4) is 5.75 Å². The Labute approximate surface area is 152 Å². The molecule has 8 heteroatoms. The Morgan fingerprint density at radius 3 is 2.42 bits per heavy atom. The zero-order valence-corrected chi connectivity index (χ0v) is 15.2. The number of hydrogen-bond acceptors (Lipinski definition) is 3. The van der Waals surface area contributed by atoms with E-state index in [4.69, 9.17) is 5.73 Å². The second kappa shape index (κ2) is 9.12. The molecule has 2 rings (SSSR count). The van der Waals surface area contributed by atoms with E-state index in [-0.39, 0.29) is 11.7 Å². The van der Waals surface area contributed by atoms with E-state index < -0.39 is 6.36 Å². The number of hydrogen-bond donors (Lipinski definition) is 2. The van der Waals surface area contributed by atoms with Crippen LogP contribution in [0, 0.1) is 11.8 Å². The first-order valence-electron chi connectivity index (χ1n) is 8.86. The fourth-order valence-electron chi connectivity index (χ4n) is 3.40. The van der Waals surface area contributed by atoms with Crippen LogP contribution < -0.4 is 15.8 Å². The monoisotopic (exact) mass is 372 g/mol. The van der Waals surface area contributed by atoms with Gasteiger partial charge in [0.1, 0.15) is 5.75 Å². The zero-order valence-electron chi connectivity index (χ0n) is 15.2. The third kappa shape index (κ3) is 7.51. The van der Waals surface area contributed by atoms with Crippen molar-refractivity contribution in [3.63, 3.8) is 0 Å². The molecule has 1 heterocycles. The molecule has 1 aliphatic heterocycles. The lowest BCUT2D eigenvalue weighted by atomic mass is 9.92. The summed E-state index contributed by atoms with van der Waals surface area (Å²) in [5.41, 5.74) is 6.38. The number of piperidine rings is 1. The van der Waals surface area contributed by atoms with Gasteiger partial charge in [-0.1, -0.05) is 13.8 Å². The molecule has 26 heavy (non-hydrogen) atoms. The summed E-state index contributed by atoms with van der Waals surface area (Å²) >= 11 is 0. The van der Waals surface area contributed by atoms with Gasteiger partial charge in [-0.25, -0.2) is 0 Å². The van der Waals surface area contributed by atoms with Gasteiger partial charge in [-0.2, -0.15) is 0 Å². The Hall–Kier alpha value is -1.96. The Morgan fingerprint density at radius 1 is 1.23 bits per heavy atom. The minimum atomic E-state index is -4.70. The Balaban J connectivity index is 1.72. The number of aliphatic imine (C=N–C) groups is 1. The molecule has 3 N–H and O–H groups in total. The molecule has 5 nitrogen and oxygen atoms in total. The van der Waals surface area contributed by atoms with E-state index >= 15 is 0 Å². The number of nitrogens with two attached hydrogens (primary N) is 1. The van der Waals surface area contributed by atoms with Gasteiger partial charge < -0.3 is 20.7 Å². The van der Waals surface area contributed by atoms with Crippen molar-refractivity contribution < 1.29 is 17.9 Å². The lowest BCUT2D eigenvalue weighted by Gasteiger charge is -2.34. The van der Waals surface area contributed by atoms with Gasteiger partial charge >= 0.3 is 6.36 Å². The van der Waals surface area contributed by atoms with E-state index in [1.54, 1.807) is 0 Å². The number of rotatable bonds is 6. The highest BCUT2D eigenvalue weighted by Gasteiger charge is 2.30. The SMILES string of the molecule is CC1CC(C)CN(CCCN=C(N)Nc2ccc(OC(F)(F)F)cc2)C1. The third-order valence-electron chi connectivity index (χ3n) is 4.22. The molecule has 1 aromatic carbocycles. The second-order valence-corrected chi connectivity index (χ2v) is 7.02. The number of benzene rings is 1. The maximum absolute atomic E-state index is 12.1. The van der Waals surface area contributed by atoms with Crippen LogP contribution >= 0.6 is 0 Å². The zero-order chi connectivity index (χ0) is 19.2. The van der Waals surface area contributed by atoms with E-state index in [0.717, 1.165) is 37.9 Å². The molecule has 1 aromatic rings. The van der Waals surface area contributed by atoms with Crippen LogP contribution in [0.2, 0.25) is 0 Å². The van der Waals surface area contributed by atoms with E-state index in [0.29, 0.717) is 12.2 Å². The standard InChI is InChI=1S/C18H27F3N4O/c1-13-10-14(2)12-25(11-13)9-3-8-23-17(22)24-15-4-6-16(7-5-15)26-18(19,20)21/h4-7,13-14H,3,8-12H2,1-2H3,(H3,22,23,24). The molecule has 0 radical (unpaired) electrons. The number of likely N-dealkylation sites (tertiary alicyclic amines) is 1. The van der Waals surface area contributed by atoms with Gasteiger partial charge in [0, 0.05) is 25.3 Å². The number of nitrogens with one attached hydrogen (secondary N) is 1. The number of guanidine groups is 1. The first-order chi connectivity index (χ1) is 12.2. The smallest absolute Gasteiger partial charge is 0.406 e. The molecular weight excluding hydrogens is 345 g/mol. The van der Waals surface area contributed by atoms with Crippen molar-refractivity contribution in [2.45, 2.75) is 33.1 Å². The highest BCUT2D eigenvalue weighted by atomic mass is 19.4. The van der Waals surface area contributed by atoms with Gasteiger partial charge in [0.25, 0.3) is 0 Å². The summed E-state index contributed by atoms with van der Waals surface area (Å²) in [7, 11) is 0. The summed E-state index contributed by atoms with van der Waals surface area (Å²) in [4.78, 5) is 6.74. The fraction of sp³-hybridized carbons (Fsp3) is 0.611. The lowest BCUT2D eigenvalue weighted by Crippen LogP contribution is -2.39. The highest BCUT2D eigenvalue weighted by Crippen LogP contribution is 2.24. The van der Waals surface area contributed by atoms with Crippen LogP contribution in [0.4, 0.5) is 18.9 Å². The Morgan fingerprint density at radius 2 is 1.85 bits per heavy atom. The molecule has 0 aromatic heterocycles. The first-order valence-corrected chi connectivity index (χ1v) is 8.86. The quantitative estimate of drug-likeness (QED) is 0.454. The Kier molecular flexibility index (Phi) is 7.14. The van der Waals surface area contributed by atoms with E-state index in [2.05, 4.69) is 33.8 Å². The van der Waals surface area contributed by atoms with Gasteiger partial charge in [-0.15, -0.1) is 13.2 Å². The molecule has 1 aliphatic rings. The first kappa shape index (κ1) is 20.4.